The number of nitrogens with one attached hydrogen (secondary N) is 1. The molecule has 1 aromatic heterocycles. The highest BCUT2D eigenvalue weighted by Crippen LogP contribution is 2.04. The van der Waals surface area contributed by atoms with Gasteiger partial charge in [-0.1, -0.05) is 0 Å². The summed E-state index contributed by atoms with van der Waals surface area (Å²) in [4.78, 5) is 0. The molecule has 0 aliphatic carbocycles. The lowest BCUT2D eigenvalue weighted by molar-refractivity contribution is -0.0382. The van der Waals surface area contributed by atoms with Crippen LogP contribution in [0.25, 0.3) is 0 Å². The van der Waals surface area contributed by atoms with Crippen molar-refractivity contribution in [3.05, 3.63) is 17.5 Å². The van der Waals surface area contributed by atoms with E-state index in [4.69, 9.17) is 10.2 Å². The Labute approximate surface area is 58.5 Å². The molecule has 0 bridgehead atoms. The largest absolute Gasteiger partial charge is 0.368 e. The average Bonchev–Trinajstić information content (AvgIpc) is 2.15. The molecule has 4 nitrogen and oxygen atoms in total. The van der Waals surface area contributed by atoms with E-state index in [0.29, 0.717) is 0 Å². The highest BCUT2D eigenvalue weighted by atomic mass is 16.5. The molecule has 0 saturated carbocycles. The normalized spacial score (nSPS) is 10.8. The van der Waals surface area contributed by atoms with E-state index in [1.165, 1.54) is 0 Å². The van der Waals surface area contributed by atoms with Crippen LogP contribution in [0.3, 0.4) is 0 Å². The van der Waals surface area contributed by atoms with Crippen molar-refractivity contribution < 1.29 is 10.2 Å². The minimum absolute atomic E-state index is 0.238. The quantitative estimate of drug-likeness (QED) is 0.491. The Morgan fingerprint density at radius 1 is 1.70 bits per heavy atom. The second-order valence-corrected chi connectivity index (χ2v) is 2.20. The zero-order valence-corrected chi connectivity index (χ0v) is 5.70. The summed E-state index contributed by atoms with van der Waals surface area (Å²) >= 11 is 0. The summed E-state index contributed by atoms with van der Waals surface area (Å²) in [5, 5.41) is 23.6. The number of hydrogen-bond acceptors (Lipinski definition) is 3. The smallest absolute Gasteiger partial charge is 0.155 e. The second-order valence-electron chi connectivity index (χ2n) is 2.20. The van der Waals surface area contributed by atoms with Gasteiger partial charge in [0.1, 0.15) is 0 Å². The highest BCUT2D eigenvalue weighted by molar-refractivity contribution is 5.14. The van der Waals surface area contributed by atoms with Gasteiger partial charge in [0.25, 0.3) is 0 Å². The molecular formula is C6H10N2O2. The van der Waals surface area contributed by atoms with Gasteiger partial charge in [0.2, 0.25) is 0 Å². The van der Waals surface area contributed by atoms with Crippen LogP contribution in [0, 0.1) is 6.92 Å². The number of H-pyrrole nitrogens is 1. The van der Waals surface area contributed by atoms with Gasteiger partial charge in [-0.05, 0) is 12.5 Å². The van der Waals surface area contributed by atoms with Crippen molar-refractivity contribution in [2.75, 3.05) is 0 Å². The first-order chi connectivity index (χ1) is 4.70. The number of hydrogen-bond donors (Lipinski definition) is 3. The van der Waals surface area contributed by atoms with Crippen molar-refractivity contribution in [1.29, 1.82) is 0 Å². The fraction of sp³-hybridized carbons (Fsp3) is 0.500. The monoisotopic (exact) mass is 142 g/mol. The lowest BCUT2D eigenvalue weighted by Crippen LogP contribution is -2.08. The molecule has 3 N–H and O–H groups in total. The van der Waals surface area contributed by atoms with Crippen LogP contribution in [-0.2, 0) is 6.42 Å². The minimum Gasteiger partial charge on any atom is -0.368 e. The number of aromatic nitrogens is 2. The topological polar surface area (TPSA) is 69.1 Å². The molecule has 1 aromatic rings. The number of nitrogens with zero attached hydrogens (tertiary/aromatic N) is 1. The predicted molar refractivity (Wildman–Crippen MR) is 35.3 cm³/mol. The molecule has 0 aliphatic rings. The molecule has 0 unspecified atom stereocenters. The van der Waals surface area contributed by atoms with Crippen molar-refractivity contribution in [3.63, 3.8) is 0 Å². The van der Waals surface area contributed by atoms with Crippen LogP contribution >= 0.6 is 0 Å². The third-order valence-corrected chi connectivity index (χ3v) is 1.34. The lowest BCUT2D eigenvalue weighted by Gasteiger charge is -1.99. The molecule has 0 aromatic carbocycles. The van der Waals surface area contributed by atoms with Crippen LogP contribution < -0.4 is 0 Å². The Kier molecular flexibility index (Phi) is 2.03. The summed E-state index contributed by atoms with van der Waals surface area (Å²) < 4.78 is 0. The number of rotatable bonds is 2. The van der Waals surface area contributed by atoms with E-state index in [1.807, 2.05) is 6.92 Å². The molecule has 0 atom stereocenters. The fourth-order valence-electron chi connectivity index (χ4n) is 0.778. The van der Waals surface area contributed by atoms with Crippen LogP contribution in [0.2, 0.25) is 0 Å². The maximum absolute atomic E-state index is 8.56. The maximum Gasteiger partial charge on any atom is 0.155 e. The van der Waals surface area contributed by atoms with E-state index in [2.05, 4.69) is 10.2 Å². The molecule has 4 heteroatoms. The van der Waals surface area contributed by atoms with E-state index in [-0.39, 0.29) is 6.42 Å². The first-order valence-corrected chi connectivity index (χ1v) is 3.05. The maximum atomic E-state index is 8.56. The Hall–Kier alpha value is -0.870. The Morgan fingerprint density at radius 2 is 2.40 bits per heavy atom. The molecule has 1 rings (SSSR count). The van der Waals surface area contributed by atoms with Crippen molar-refractivity contribution in [1.82, 2.24) is 10.2 Å². The lowest BCUT2D eigenvalue weighted by atomic mass is 10.2. The van der Waals surface area contributed by atoms with E-state index in [1.54, 1.807) is 6.20 Å². The zero-order chi connectivity index (χ0) is 7.56. The van der Waals surface area contributed by atoms with Gasteiger partial charge in [-0.25, -0.2) is 0 Å². The zero-order valence-electron chi connectivity index (χ0n) is 5.70. The van der Waals surface area contributed by atoms with Crippen molar-refractivity contribution in [3.8, 4) is 0 Å². The Morgan fingerprint density at radius 3 is 2.80 bits per heavy atom. The summed E-state index contributed by atoms with van der Waals surface area (Å²) in [6.07, 6.45) is 0.549. The fourth-order valence-corrected chi connectivity index (χ4v) is 0.778. The van der Waals surface area contributed by atoms with Gasteiger partial charge in [0, 0.05) is 12.1 Å². The average molecular weight is 142 g/mol. The number of aliphatic hydroxyl groups is 2. The highest BCUT2D eigenvalue weighted by Gasteiger charge is 2.03. The minimum atomic E-state index is -1.28. The molecule has 0 amide bonds. The van der Waals surface area contributed by atoms with Crippen LogP contribution in [-0.4, -0.2) is 26.7 Å². The van der Waals surface area contributed by atoms with Gasteiger partial charge >= 0.3 is 0 Å². The summed E-state index contributed by atoms with van der Waals surface area (Å²) in [6, 6.07) is 0. The van der Waals surface area contributed by atoms with Gasteiger partial charge in [-0.2, -0.15) is 5.10 Å². The van der Waals surface area contributed by atoms with Crippen LogP contribution in [0.1, 0.15) is 11.3 Å². The Bertz CT molecular complexity index is 207. The van der Waals surface area contributed by atoms with E-state index in [9.17, 15) is 0 Å². The van der Waals surface area contributed by atoms with Crippen molar-refractivity contribution in [2.24, 2.45) is 0 Å². The number of aromatic amines is 1. The van der Waals surface area contributed by atoms with Crippen LogP contribution in [0.5, 0.6) is 0 Å². The Balaban J connectivity index is 2.65. The standard InChI is InChI=1S/C6H10N2O2/c1-4-5(2-6(9)10)3-7-8-4/h3,6,9-10H,2H2,1H3,(H,7,8). The molecule has 10 heavy (non-hydrogen) atoms. The van der Waals surface area contributed by atoms with Gasteiger partial charge in [0.15, 0.2) is 6.29 Å². The van der Waals surface area contributed by atoms with Crippen molar-refractivity contribution >= 4 is 0 Å². The summed E-state index contributed by atoms with van der Waals surface area (Å²) in [6.45, 7) is 1.84. The third kappa shape index (κ3) is 1.55. The predicted octanol–water partition coefficient (Wildman–Crippen LogP) is -0.429. The molecule has 0 radical (unpaired) electrons. The van der Waals surface area contributed by atoms with E-state index < -0.39 is 6.29 Å². The van der Waals surface area contributed by atoms with Gasteiger partial charge in [0.05, 0.1) is 6.20 Å². The third-order valence-electron chi connectivity index (χ3n) is 1.34. The molecular weight excluding hydrogens is 132 g/mol. The van der Waals surface area contributed by atoms with Gasteiger partial charge in [-0.3, -0.25) is 5.10 Å². The van der Waals surface area contributed by atoms with Crippen molar-refractivity contribution in [2.45, 2.75) is 19.6 Å². The first kappa shape index (κ1) is 7.24. The van der Waals surface area contributed by atoms with E-state index >= 15 is 0 Å². The molecule has 0 saturated heterocycles. The van der Waals surface area contributed by atoms with Gasteiger partial charge < -0.3 is 10.2 Å². The summed E-state index contributed by atoms with van der Waals surface area (Å²) in [7, 11) is 0. The van der Waals surface area contributed by atoms with Gasteiger partial charge in [-0.15, -0.1) is 0 Å². The molecule has 0 spiro atoms. The van der Waals surface area contributed by atoms with E-state index in [0.717, 1.165) is 11.3 Å². The summed E-state index contributed by atoms with van der Waals surface area (Å²) in [5.41, 5.74) is 1.73. The van der Waals surface area contributed by atoms with Crippen LogP contribution in [0.15, 0.2) is 6.20 Å². The number of aliphatic hydroxyl groups excluding tert-OH is 1. The molecule has 0 fully saturated rings. The number of aryl methyl sites for hydroxylation is 1. The van der Waals surface area contributed by atoms with Crippen LogP contribution in [0.4, 0.5) is 0 Å². The molecule has 1 heterocycles. The SMILES string of the molecule is Cc1[nH]ncc1CC(O)O. The molecule has 56 valence electrons. The summed E-state index contributed by atoms with van der Waals surface area (Å²) in [5.74, 6) is 0. The second kappa shape index (κ2) is 2.81. The molecule has 0 aliphatic heterocycles. The first-order valence-electron chi connectivity index (χ1n) is 3.05.